The first-order chi connectivity index (χ1) is 9.49. The van der Waals surface area contributed by atoms with Crippen LogP contribution in [0.2, 0.25) is 5.02 Å². The second kappa shape index (κ2) is 6.64. The van der Waals surface area contributed by atoms with Crippen molar-refractivity contribution in [3.63, 3.8) is 0 Å². The molecule has 5 heteroatoms. The number of nitrogens with one attached hydrogen (secondary N) is 1. The molecule has 1 aromatic heterocycles. The third-order valence-corrected chi connectivity index (χ3v) is 4.13. The molecule has 20 heavy (non-hydrogen) atoms. The van der Waals surface area contributed by atoms with E-state index >= 15 is 0 Å². The monoisotopic (exact) mass is 297 g/mol. The summed E-state index contributed by atoms with van der Waals surface area (Å²) in [5, 5.41) is 3.97. The molecule has 0 atom stereocenters. The van der Waals surface area contributed by atoms with Crippen LogP contribution in [0, 0.1) is 5.92 Å². The van der Waals surface area contributed by atoms with Crippen molar-refractivity contribution < 1.29 is 4.79 Å². The van der Waals surface area contributed by atoms with Crippen molar-refractivity contribution >= 4 is 17.5 Å². The minimum Gasteiger partial charge on any atom is -0.340 e. The van der Waals surface area contributed by atoms with Crippen molar-refractivity contribution in [2.45, 2.75) is 32.7 Å². The normalized spacial score (nSPS) is 16.6. The maximum atomic E-state index is 12.6. The molecule has 0 bridgehead atoms. The molecule has 1 aliphatic rings. The van der Waals surface area contributed by atoms with Crippen LogP contribution in [0.4, 0.5) is 0 Å². The molecule has 0 radical (unpaired) electrons. The highest BCUT2D eigenvalue weighted by molar-refractivity contribution is 6.31. The maximum absolute atomic E-state index is 12.6. The Balaban J connectivity index is 2.06. The summed E-state index contributed by atoms with van der Waals surface area (Å²) in [6.07, 6.45) is 4.12. The Morgan fingerprint density at radius 1 is 1.50 bits per heavy atom. The van der Waals surface area contributed by atoms with E-state index in [4.69, 9.17) is 11.6 Å². The number of halogens is 1. The van der Waals surface area contributed by atoms with Crippen LogP contribution in [0.5, 0.6) is 0 Å². The Kier molecular flexibility index (Phi) is 5.11. The average Bonchev–Trinajstić information content (AvgIpc) is 2.81. The first-order valence-corrected chi connectivity index (χ1v) is 7.70. The summed E-state index contributed by atoms with van der Waals surface area (Å²) in [6, 6.07) is 2.00. The van der Waals surface area contributed by atoms with Crippen LogP contribution in [-0.2, 0) is 0 Å². The van der Waals surface area contributed by atoms with Crippen LogP contribution in [0.3, 0.4) is 0 Å². The predicted molar refractivity (Wildman–Crippen MR) is 82.4 cm³/mol. The summed E-state index contributed by atoms with van der Waals surface area (Å²) >= 11 is 6.05. The van der Waals surface area contributed by atoms with Gasteiger partial charge in [0, 0.05) is 25.8 Å². The van der Waals surface area contributed by atoms with Gasteiger partial charge in [0.1, 0.15) is 5.69 Å². The van der Waals surface area contributed by atoms with E-state index in [9.17, 15) is 4.79 Å². The summed E-state index contributed by atoms with van der Waals surface area (Å²) in [4.78, 5) is 14.4. The lowest BCUT2D eigenvalue weighted by atomic mass is 9.97. The minimum atomic E-state index is 0.0594. The predicted octanol–water partition coefficient (Wildman–Crippen LogP) is 2.79. The van der Waals surface area contributed by atoms with Crippen molar-refractivity contribution in [1.29, 1.82) is 0 Å². The van der Waals surface area contributed by atoms with E-state index in [-0.39, 0.29) is 11.9 Å². The lowest BCUT2D eigenvalue weighted by Crippen LogP contribution is -2.37. The SMILES string of the molecule is CC(C)n1cc(Cl)cc1C(=O)N(C)CC1CCNCC1. The van der Waals surface area contributed by atoms with Crippen molar-refractivity contribution in [3.05, 3.63) is 23.0 Å². The summed E-state index contributed by atoms with van der Waals surface area (Å²) in [5.74, 6) is 0.660. The van der Waals surface area contributed by atoms with E-state index in [0.717, 1.165) is 32.5 Å². The smallest absolute Gasteiger partial charge is 0.270 e. The minimum absolute atomic E-state index is 0.0594. The number of piperidine rings is 1. The number of amides is 1. The highest BCUT2D eigenvalue weighted by Gasteiger charge is 2.22. The summed E-state index contributed by atoms with van der Waals surface area (Å²) in [7, 11) is 1.88. The lowest BCUT2D eigenvalue weighted by molar-refractivity contribution is 0.0750. The van der Waals surface area contributed by atoms with Crippen molar-refractivity contribution in [3.8, 4) is 0 Å². The molecule has 0 unspecified atom stereocenters. The molecular weight excluding hydrogens is 274 g/mol. The second-order valence-electron chi connectivity index (χ2n) is 5.92. The van der Waals surface area contributed by atoms with Gasteiger partial charge in [0.25, 0.3) is 5.91 Å². The number of hydrogen-bond acceptors (Lipinski definition) is 2. The third-order valence-electron chi connectivity index (χ3n) is 3.93. The van der Waals surface area contributed by atoms with Gasteiger partial charge in [-0.1, -0.05) is 11.6 Å². The Labute approximate surface area is 126 Å². The van der Waals surface area contributed by atoms with E-state index in [2.05, 4.69) is 19.2 Å². The van der Waals surface area contributed by atoms with Crippen LogP contribution in [0.1, 0.15) is 43.2 Å². The van der Waals surface area contributed by atoms with Crippen LogP contribution in [0.25, 0.3) is 0 Å². The van der Waals surface area contributed by atoms with Crippen LogP contribution in [0.15, 0.2) is 12.3 Å². The zero-order valence-electron chi connectivity index (χ0n) is 12.5. The summed E-state index contributed by atoms with van der Waals surface area (Å²) < 4.78 is 1.95. The Hall–Kier alpha value is -1.00. The third kappa shape index (κ3) is 3.55. The van der Waals surface area contributed by atoms with Gasteiger partial charge in [-0.2, -0.15) is 0 Å². The van der Waals surface area contributed by atoms with Crippen LogP contribution < -0.4 is 5.32 Å². The molecule has 1 aromatic rings. The zero-order chi connectivity index (χ0) is 14.7. The van der Waals surface area contributed by atoms with Gasteiger partial charge in [-0.25, -0.2) is 0 Å². The quantitative estimate of drug-likeness (QED) is 0.928. The number of carbonyl (C=O) groups is 1. The molecule has 0 saturated carbocycles. The fourth-order valence-electron chi connectivity index (χ4n) is 2.77. The molecule has 1 amide bonds. The molecule has 112 valence electrons. The van der Waals surface area contributed by atoms with Crippen LogP contribution in [-0.4, -0.2) is 42.1 Å². The zero-order valence-corrected chi connectivity index (χ0v) is 13.3. The first-order valence-electron chi connectivity index (χ1n) is 7.32. The average molecular weight is 298 g/mol. The standard InChI is InChI=1S/C15H24ClN3O/c1-11(2)19-10-13(16)8-14(19)15(20)18(3)9-12-4-6-17-7-5-12/h8,10-12,17H,4-7,9H2,1-3H3. The molecule has 1 N–H and O–H groups in total. The van der Waals surface area contributed by atoms with Crippen LogP contribution >= 0.6 is 11.6 Å². The number of rotatable bonds is 4. The number of nitrogens with zero attached hydrogens (tertiary/aromatic N) is 2. The van der Waals surface area contributed by atoms with Gasteiger partial charge >= 0.3 is 0 Å². The van der Waals surface area contributed by atoms with Gasteiger partial charge in [0.15, 0.2) is 0 Å². The molecule has 1 aliphatic heterocycles. The van der Waals surface area contributed by atoms with Gasteiger partial charge < -0.3 is 14.8 Å². The van der Waals surface area contributed by atoms with Crippen molar-refractivity contribution in [2.24, 2.45) is 5.92 Å². The molecular formula is C15H24ClN3O. The molecule has 0 spiro atoms. The highest BCUT2D eigenvalue weighted by atomic mass is 35.5. The lowest BCUT2D eigenvalue weighted by Gasteiger charge is -2.28. The van der Waals surface area contributed by atoms with Gasteiger partial charge in [-0.15, -0.1) is 0 Å². The van der Waals surface area contributed by atoms with E-state index in [0.29, 0.717) is 16.6 Å². The van der Waals surface area contributed by atoms with E-state index < -0.39 is 0 Å². The number of hydrogen-bond donors (Lipinski definition) is 1. The van der Waals surface area contributed by atoms with Crippen molar-refractivity contribution in [2.75, 3.05) is 26.7 Å². The van der Waals surface area contributed by atoms with E-state index in [1.54, 1.807) is 6.07 Å². The summed E-state index contributed by atoms with van der Waals surface area (Å²) in [6.45, 7) is 7.04. The van der Waals surface area contributed by atoms with Gasteiger partial charge in [-0.05, 0) is 51.8 Å². The highest BCUT2D eigenvalue weighted by Crippen LogP contribution is 2.21. The Morgan fingerprint density at radius 3 is 2.75 bits per heavy atom. The van der Waals surface area contributed by atoms with Gasteiger partial charge in [0.2, 0.25) is 0 Å². The molecule has 2 rings (SSSR count). The van der Waals surface area contributed by atoms with Gasteiger partial charge in [-0.3, -0.25) is 4.79 Å². The molecule has 0 aromatic carbocycles. The Morgan fingerprint density at radius 2 is 2.15 bits per heavy atom. The molecule has 1 fully saturated rings. The number of aromatic nitrogens is 1. The fourth-order valence-corrected chi connectivity index (χ4v) is 2.98. The topological polar surface area (TPSA) is 37.3 Å². The first kappa shape index (κ1) is 15.4. The fraction of sp³-hybridized carbons (Fsp3) is 0.667. The second-order valence-corrected chi connectivity index (χ2v) is 6.36. The van der Waals surface area contributed by atoms with E-state index in [1.165, 1.54) is 0 Å². The van der Waals surface area contributed by atoms with Crippen molar-refractivity contribution in [1.82, 2.24) is 14.8 Å². The molecule has 0 aliphatic carbocycles. The van der Waals surface area contributed by atoms with Gasteiger partial charge in [0.05, 0.1) is 5.02 Å². The Bertz CT molecular complexity index is 464. The largest absolute Gasteiger partial charge is 0.340 e. The summed E-state index contributed by atoms with van der Waals surface area (Å²) in [5.41, 5.74) is 0.682. The number of carbonyl (C=O) groups excluding carboxylic acids is 1. The molecule has 2 heterocycles. The maximum Gasteiger partial charge on any atom is 0.270 e. The molecule has 4 nitrogen and oxygen atoms in total. The van der Waals surface area contributed by atoms with E-state index in [1.807, 2.05) is 22.7 Å². The molecule has 1 saturated heterocycles.